The van der Waals surface area contributed by atoms with Crippen LogP contribution in [-0.2, 0) is 4.79 Å². The molecule has 1 aliphatic heterocycles. The van der Waals surface area contributed by atoms with Crippen molar-refractivity contribution in [3.63, 3.8) is 0 Å². The standard InChI is InChI=1S/C12H20N2O3S/c15-11(16)9-2-3-10(8-9)13-12(17)14-4-1-6-18-7-5-14/h9-10H,1-8H2,(H,13,17)(H,15,16). The summed E-state index contributed by atoms with van der Waals surface area (Å²) in [5.74, 6) is 1.09. The fraction of sp³-hybridized carbons (Fsp3) is 0.833. The summed E-state index contributed by atoms with van der Waals surface area (Å²) in [7, 11) is 0. The van der Waals surface area contributed by atoms with Gasteiger partial charge in [0.15, 0.2) is 0 Å². The second kappa shape index (κ2) is 6.31. The number of carbonyl (C=O) groups excluding carboxylic acids is 1. The minimum Gasteiger partial charge on any atom is -0.481 e. The molecule has 0 radical (unpaired) electrons. The Morgan fingerprint density at radius 1 is 1.22 bits per heavy atom. The lowest BCUT2D eigenvalue weighted by Gasteiger charge is -2.23. The number of carboxylic acids is 1. The Hall–Kier alpha value is -0.910. The highest BCUT2D eigenvalue weighted by atomic mass is 32.2. The Balaban J connectivity index is 1.78. The van der Waals surface area contributed by atoms with Gasteiger partial charge in [-0.1, -0.05) is 0 Å². The Kier molecular flexibility index (Phi) is 4.74. The Morgan fingerprint density at radius 3 is 2.78 bits per heavy atom. The second-order valence-corrected chi connectivity index (χ2v) is 6.17. The van der Waals surface area contributed by atoms with Gasteiger partial charge in [0.05, 0.1) is 5.92 Å². The van der Waals surface area contributed by atoms with E-state index in [1.807, 2.05) is 16.7 Å². The summed E-state index contributed by atoms with van der Waals surface area (Å²) in [6, 6.07) is 0.0167. The summed E-state index contributed by atoms with van der Waals surface area (Å²) < 4.78 is 0. The van der Waals surface area contributed by atoms with Gasteiger partial charge in [-0.25, -0.2) is 4.79 Å². The zero-order valence-corrected chi connectivity index (χ0v) is 11.2. The summed E-state index contributed by atoms with van der Waals surface area (Å²) in [6.07, 6.45) is 3.07. The number of carboxylic acid groups (broad SMARTS) is 1. The largest absolute Gasteiger partial charge is 0.481 e. The van der Waals surface area contributed by atoms with Gasteiger partial charge in [0.2, 0.25) is 0 Å². The zero-order valence-electron chi connectivity index (χ0n) is 10.4. The van der Waals surface area contributed by atoms with Crippen molar-refractivity contribution in [2.45, 2.75) is 31.7 Å². The normalized spacial score (nSPS) is 28.8. The van der Waals surface area contributed by atoms with Gasteiger partial charge in [-0.15, -0.1) is 0 Å². The average Bonchev–Trinajstić information content (AvgIpc) is 2.64. The highest BCUT2D eigenvalue weighted by molar-refractivity contribution is 7.99. The van der Waals surface area contributed by atoms with Crippen LogP contribution in [-0.4, -0.2) is 52.6 Å². The van der Waals surface area contributed by atoms with E-state index >= 15 is 0 Å². The molecule has 0 aromatic carbocycles. The summed E-state index contributed by atoms with van der Waals surface area (Å²) in [4.78, 5) is 24.8. The smallest absolute Gasteiger partial charge is 0.317 e. The molecule has 2 atom stereocenters. The summed E-state index contributed by atoms with van der Waals surface area (Å²) in [5.41, 5.74) is 0. The van der Waals surface area contributed by atoms with Crippen LogP contribution in [0.1, 0.15) is 25.7 Å². The quantitative estimate of drug-likeness (QED) is 0.797. The SMILES string of the molecule is O=C(O)C1CCC(NC(=O)N2CCCSCC2)C1. The maximum Gasteiger partial charge on any atom is 0.317 e. The fourth-order valence-corrected chi connectivity index (χ4v) is 3.44. The van der Waals surface area contributed by atoms with E-state index in [0.29, 0.717) is 12.8 Å². The van der Waals surface area contributed by atoms with E-state index in [2.05, 4.69) is 5.32 Å². The molecule has 1 saturated carbocycles. The number of hydrogen-bond acceptors (Lipinski definition) is 3. The highest BCUT2D eigenvalue weighted by Crippen LogP contribution is 2.25. The Bertz CT molecular complexity index is 316. The summed E-state index contributed by atoms with van der Waals surface area (Å²) in [5, 5.41) is 11.9. The molecule has 1 aliphatic carbocycles. The van der Waals surface area contributed by atoms with E-state index in [0.717, 1.165) is 37.4 Å². The minimum atomic E-state index is -0.738. The number of nitrogens with zero attached hydrogens (tertiary/aromatic N) is 1. The van der Waals surface area contributed by atoms with Crippen LogP contribution in [0.15, 0.2) is 0 Å². The molecular formula is C12H20N2O3S. The van der Waals surface area contributed by atoms with Crippen molar-refractivity contribution in [3.8, 4) is 0 Å². The first kappa shape index (κ1) is 13.5. The molecular weight excluding hydrogens is 252 g/mol. The third-order valence-corrected chi connectivity index (χ3v) is 4.67. The van der Waals surface area contributed by atoms with Gasteiger partial charge >= 0.3 is 12.0 Å². The number of thioether (sulfide) groups is 1. The first-order valence-electron chi connectivity index (χ1n) is 6.53. The predicted octanol–water partition coefficient (Wildman–Crippen LogP) is 1.39. The van der Waals surface area contributed by atoms with E-state index in [4.69, 9.17) is 5.11 Å². The Labute approximate surface area is 111 Å². The van der Waals surface area contributed by atoms with Crippen molar-refractivity contribution in [1.82, 2.24) is 10.2 Å². The number of nitrogens with one attached hydrogen (secondary N) is 1. The lowest BCUT2D eigenvalue weighted by atomic mass is 10.1. The van der Waals surface area contributed by atoms with E-state index in [1.165, 1.54) is 0 Å². The fourth-order valence-electron chi connectivity index (χ4n) is 2.55. The first-order valence-corrected chi connectivity index (χ1v) is 7.68. The van der Waals surface area contributed by atoms with Crippen LogP contribution in [0.25, 0.3) is 0 Å². The zero-order chi connectivity index (χ0) is 13.0. The Morgan fingerprint density at radius 2 is 2.06 bits per heavy atom. The van der Waals surface area contributed by atoms with Crippen LogP contribution in [0.3, 0.4) is 0 Å². The number of urea groups is 1. The lowest BCUT2D eigenvalue weighted by Crippen LogP contribution is -2.45. The molecule has 2 amide bonds. The first-order chi connectivity index (χ1) is 8.66. The second-order valence-electron chi connectivity index (χ2n) is 4.95. The van der Waals surface area contributed by atoms with Crippen LogP contribution < -0.4 is 5.32 Å². The van der Waals surface area contributed by atoms with Gasteiger partial charge in [-0.3, -0.25) is 4.79 Å². The third kappa shape index (κ3) is 3.54. The number of hydrogen-bond donors (Lipinski definition) is 2. The van der Waals surface area contributed by atoms with Gasteiger partial charge in [-0.05, 0) is 31.4 Å². The van der Waals surface area contributed by atoms with Crippen LogP contribution >= 0.6 is 11.8 Å². The van der Waals surface area contributed by atoms with Crippen LogP contribution in [0, 0.1) is 5.92 Å². The molecule has 2 aliphatic rings. The lowest BCUT2D eigenvalue weighted by molar-refractivity contribution is -0.141. The maximum absolute atomic E-state index is 12.0. The van der Waals surface area contributed by atoms with E-state index < -0.39 is 5.97 Å². The van der Waals surface area contributed by atoms with Gasteiger partial charge in [-0.2, -0.15) is 11.8 Å². The number of aliphatic carboxylic acids is 1. The molecule has 0 aromatic heterocycles. The molecule has 102 valence electrons. The van der Waals surface area contributed by atoms with E-state index in [9.17, 15) is 9.59 Å². The van der Waals surface area contributed by atoms with Gasteiger partial charge in [0, 0.05) is 24.9 Å². The maximum atomic E-state index is 12.0. The molecule has 1 heterocycles. The molecule has 1 saturated heterocycles. The van der Waals surface area contributed by atoms with E-state index in [1.54, 1.807) is 0 Å². The van der Waals surface area contributed by atoms with Gasteiger partial charge in [0.25, 0.3) is 0 Å². The molecule has 0 bridgehead atoms. The number of rotatable bonds is 2. The molecule has 2 rings (SSSR count). The average molecular weight is 272 g/mol. The van der Waals surface area contributed by atoms with Gasteiger partial charge in [0.1, 0.15) is 0 Å². The van der Waals surface area contributed by atoms with Crippen molar-refractivity contribution in [3.05, 3.63) is 0 Å². The molecule has 0 aromatic rings. The predicted molar refractivity (Wildman–Crippen MR) is 70.8 cm³/mol. The van der Waals surface area contributed by atoms with Crippen LogP contribution in [0.2, 0.25) is 0 Å². The van der Waals surface area contributed by atoms with Crippen LogP contribution in [0.4, 0.5) is 4.79 Å². The highest BCUT2D eigenvalue weighted by Gasteiger charge is 2.31. The molecule has 6 heteroatoms. The van der Waals surface area contributed by atoms with Gasteiger partial charge < -0.3 is 15.3 Å². The van der Waals surface area contributed by atoms with Crippen LogP contribution in [0.5, 0.6) is 0 Å². The van der Waals surface area contributed by atoms with Crippen molar-refractivity contribution >= 4 is 23.8 Å². The van der Waals surface area contributed by atoms with Crippen molar-refractivity contribution in [2.24, 2.45) is 5.92 Å². The number of carbonyl (C=O) groups is 2. The molecule has 2 fully saturated rings. The molecule has 18 heavy (non-hydrogen) atoms. The topological polar surface area (TPSA) is 69.6 Å². The summed E-state index contributed by atoms with van der Waals surface area (Å²) in [6.45, 7) is 1.61. The minimum absolute atomic E-state index is 0.0199. The monoisotopic (exact) mass is 272 g/mol. The van der Waals surface area contributed by atoms with Crippen molar-refractivity contribution in [1.29, 1.82) is 0 Å². The van der Waals surface area contributed by atoms with Crippen molar-refractivity contribution < 1.29 is 14.7 Å². The molecule has 5 nitrogen and oxygen atoms in total. The molecule has 2 N–H and O–H groups in total. The number of amides is 2. The molecule has 0 spiro atoms. The van der Waals surface area contributed by atoms with Crippen molar-refractivity contribution in [2.75, 3.05) is 24.6 Å². The third-order valence-electron chi connectivity index (χ3n) is 3.62. The molecule has 2 unspecified atom stereocenters. The van der Waals surface area contributed by atoms with E-state index in [-0.39, 0.29) is 18.0 Å². The summed E-state index contributed by atoms with van der Waals surface area (Å²) >= 11 is 1.88.